The maximum absolute atomic E-state index is 13.0. The molecule has 0 radical (unpaired) electrons. The average Bonchev–Trinajstić information content (AvgIpc) is 2.20. The fourth-order valence-electron chi connectivity index (χ4n) is 1.39. The number of hydrogen-bond donors (Lipinski definition) is 2. The van der Waals surface area contributed by atoms with E-state index in [1.807, 2.05) is 0 Å². The predicted molar refractivity (Wildman–Crippen MR) is 62.6 cm³/mol. The van der Waals surface area contributed by atoms with E-state index in [2.05, 4.69) is 15.9 Å². The molecule has 88 valence electrons. The van der Waals surface area contributed by atoms with Gasteiger partial charge in [0.15, 0.2) is 0 Å². The van der Waals surface area contributed by atoms with Gasteiger partial charge in [-0.15, -0.1) is 0 Å². The summed E-state index contributed by atoms with van der Waals surface area (Å²) in [4.78, 5) is 10.4. The molecule has 0 fully saturated rings. The van der Waals surface area contributed by atoms with Gasteiger partial charge in [0.2, 0.25) is 0 Å². The Morgan fingerprint density at radius 3 is 2.88 bits per heavy atom. The van der Waals surface area contributed by atoms with Crippen LogP contribution in [0.1, 0.15) is 18.4 Å². The van der Waals surface area contributed by atoms with Crippen molar-refractivity contribution < 1.29 is 14.3 Å². The van der Waals surface area contributed by atoms with Crippen LogP contribution in [-0.2, 0) is 11.2 Å². The van der Waals surface area contributed by atoms with Crippen LogP contribution in [0.3, 0.4) is 0 Å². The van der Waals surface area contributed by atoms with Crippen LogP contribution in [0, 0.1) is 5.82 Å². The molecule has 0 amide bonds. The Bertz CT molecular complexity index is 384. The van der Waals surface area contributed by atoms with Gasteiger partial charge in [0, 0.05) is 16.9 Å². The van der Waals surface area contributed by atoms with Gasteiger partial charge in [-0.05, 0) is 36.6 Å². The van der Waals surface area contributed by atoms with Crippen LogP contribution in [0.15, 0.2) is 22.7 Å². The van der Waals surface area contributed by atoms with Crippen molar-refractivity contribution in [2.45, 2.75) is 25.3 Å². The Hall–Kier alpha value is -0.940. The summed E-state index contributed by atoms with van der Waals surface area (Å²) in [5.41, 5.74) is 6.53. The first-order chi connectivity index (χ1) is 7.49. The summed E-state index contributed by atoms with van der Waals surface area (Å²) in [6.07, 6.45) is 0.887. The Morgan fingerprint density at radius 2 is 2.25 bits per heavy atom. The van der Waals surface area contributed by atoms with Crippen molar-refractivity contribution in [1.29, 1.82) is 0 Å². The fourth-order valence-corrected chi connectivity index (χ4v) is 1.80. The van der Waals surface area contributed by atoms with Crippen LogP contribution in [0.4, 0.5) is 4.39 Å². The van der Waals surface area contributed by atoms with E-state index < -0.39 is 5.97 Å². The van der Waals surface area contributed by atoms with Gasteiger partial charge in [-0.1, -0.05) is 15.9 Å². The summed E-state index contributed by atoms with van der Waals surface area (Å²) in [5.74, 6) is -1.18. The molecule has 0 saturated heterocycles. The lowest BCUT2D eigenvalue weighted by Gasteiger charge is -2.11. The molecule has 0 heterocycles. The van der Waals surface area contributed by atoms with Crippen molar-refractivity contribution in [3.05, 3.63) is 34.1 Å². The minimum Gasteiger partial charge on any atom is -0.481 e. The SMILES string of the molecule is NC(CCC(=O)O)Cc1cc(F)ccc1Br. The smallest absolute Gasteiger partial charge is 0.303 e. The monoisotopic (exact) mass is 289 g/mol. The molecule has 1 aromatic rings. The van der Waals surface area contributed by atoms with Crippen LogP contribution < -0.4 is 5.73 Å². The summed E-state index contributed by atoms with van der Waals surface area (Å²) >= 11 is 3.30. The zero-order valence-electron chi connectivity index (χ0n) is 8.62. The number of carbonyl (C=O) groups is 1. The maximum Gasteiger partial charge on any atom is 0.303 e. The van der Waals surface area contributed by atoms with Gasteiger partial charge >= 0.3 is 5.97 Å². The van der Waals surface area contributed by atoms with E-state index in [9.17, 15) is 9.18 Å². The average molecular weight is 290 g/mol. The van der Waals surface area contributed by atoms with Gasteiger partial charge in [-0.2, -0.15) is 0 Å². The molecule has 0 spiro atoms. The molecule has 16 heavy (non-hydrogen) atoms. The number of nitrogens with two attached hydrogens (primary N) is 1. The summed E-state index contributed by atoms with van der Waals surface area (Å²) in [5, 5.41) is 8.50. The lowest BCUT2D eigenvalue weighted by Crippen LogP contribution is -2.24. The van der Waals surface area contributed by atoms with Gasteiger partial charge in [0.05, 0.1) is 0 Å². The molecule has 1 rings (SSSR count). The maximum atomic E-state index is 13.0. The van der Waals surface area contributed by atoms with E-state index in [-0.39, 0.29) is 18.3 Å². The van der Waals surface area contributed by atoms with E-state index >= 15 is 0 Å². The molecule has 0 bridgehead atoms. The summed E-state index contributed by atoms with van der Waals surface area (Å²) in [7, 11) is 0. The second kappa shape index (κ2) is 5.96. The molecule has 0 aromatic heterocycles. The molecule has 1 unspecified atom stereocenters. The third-order valence-electron chi connectivity index (χ3n) is 2.22. The largest absolute Gasteiger partial charge is 0.481 e. The highest BCUT2D eigenvalue weighted by atomic mass is 79.9. The van der Waals surface area contributed by atoms with Gasteiger partial charge in [0.1, 0.15) is 5.82 Å². The number of benzene rings is 1. The van der Waals surface area contributed by atoms with E-state index in [0.29, 0.717) is 12.8 Å². The van der Waals surface area contributed by atoms with Crippen molar-refractivity contribution >= 4 is 21.9 Å². The Kier molecular flexibility index (Phi) is 4.89. The highest BCUT2D eigenvalue weighted by Gasteiger charge is 2.09. The minimum atomic E-state index is -0.867. The van der Waals surface area contributed by atoms with Gasteiger partial charge < -0.3 is 10.8 Å². The number of halogens is 2. The van der Waals surface area contributed by atoms with Crippen LogP contribution in [-0.4, -0.2) is 17.1 Å². The standard InChI is InChI=1S/C11H13BrFNO2/c12-10-3-1-8(13)5-7(10)6-9(14)2-4-11(15)16/h1,3,5,9H,2,4,6,14H2,(H,15,16). The number of rotatable bonds is 5. The molecule has 5 heteroatoms. The van der Waals surface area contributed by atoms with E-state index in [4.69, 9.17) is 10.8 Å². The van der Waals surface area contributed by atoms with Gasteiger partial charge in [-0.25, -0.2) is 4.39 Å². The minimum absolute atomic E-state index is 0.0358. The van der Waals surface area contributed by atoms with Crippen LogP contribution >= 0.6 is 15.9 Å². The zero-order chi connectivity index (χ0) is 12.1. The zero-order valence-corrected chi connectivity index (χ0v) is 10.2. The number of hydrogen-bond acceptors (Lipinski definition) is 2. The fraction of sp³-hybridized carbons (Fsp3) is 0.364. The van der Waals surface area contributed by atoms with E-state index in [1.54, 1.807) is 6.07 Å². The Morgan fingerprint density at radius 1 is 1.56 bits per heavy atom. The second-order valence-electron chi connectivity index (χ2n) is 3.63. The number of carboxylic acids is 1. The lowest BCUT2D eigenvalue weighted by atomic mass is 10.0. The van der Waals surface area contributed by atoms with Crippen LogP contribution in [0.5, 0.6) is 0 Å². The predicted octanol–water partition coefficient (Wildman–Crippen LogP) is 2.32. The molecular weight excluding hydrogens is 277 g/mol. The third kappa shape index (κ3) is 4.28. The third-order valence-corrected chi connectivity index (χ3v) is 2.99. The van der Waals surface area contributed by atoms with Crippen molar-refractivity contribution in [3.8, 4) is 0 Å². The van der Waals surface area contributed by atoms with Gasteiger partial charge in [-0.3, -0.25) is 4.79 Å². The van der Waals surface area contributed by atoms with E-state index in [1.165, 1.54) is 12.1 Å². The second-order valence-corrected chi connectivity index (χ2v) is 4.49. The van der Waals surface area contributed by atoms with Crippen molar-refractivity contribution in [2.24, 2.45) is 5.73 Å². The topological polar surface area (TPSA) is 63.3 Å². The van der Waals surface area contributed by atoms with Crippen LogP contribution in [0.25, 0.3) is 0 Å². The molecule has 1 atom stereocenters. The molecule has 0 saturated carbocycles. The van der Waals surface area contributed by atoms with E-state index in [0.717, 1.165) is 10.0 Å². The highest BCUT2D eigenvalue weighted by molar-refractivity contribution is 9.10. The normalized spacial score (nSPS) is 12.4. The molecule has 0 aliphatic carbocycles. The molecule has 0 aliphatic heterocycles. The summed E-state index contributed by atoms with van der Waals surface area (Å²) < 4.78 is 13.7. The molecule has 1 aromatic carbocycles. The van der Waals surface area contributed by atoms with Gasteiger partial charge in [0.25, 0.3) is 0 Å². The Balaban J connectivity index is 2.58. The first-order valence-electron chi connectivity index (χ1n) is 4.90. The molecular formula is C11H13BrFNO2. The lowest BCUT2D eigenvalue weighted by molar-refractivity contribution is -0.137. The summed E-state index contributed by atoms with van der Waals surface area (Å²) in [6.45, 7) is 0. The molecule has 3 nitrogen and oxygen atoms in total. The first-order valence-corrected chi connectivity index (χ1v) is 5.69. The highest BCUT2D eigenvalue weighted by Crippen LogP contribution is 2.19. The molecule has 0 aliphatic rings. The molecule has 3 N–H and O–H groups in total. The van der Waals surface area contributed by atoms with Crippen molar-refractivity contribution in [3.63, 3.8) is 0 Å². The Labute approximate surface area is 102 Å². The summed E-state index contributed by atoms with van der Waals surface area (Å²) in [6, 6.07) is 4.12. The first kappa shape index (κ1) is 13.1. The number of aliphatic carboxylic acids is 1. The van der Waals surface area contributed by atoms with Crippen LogP contribution in [0.2, 0.25) is 0 Å². The number of carboxylic acid groups (broad SMARTS) is 1. The van der Waals surface area contributed by atoms with Crippen molar-refractivity contribution in [2.75, 3.05) is 0 Å². The quantitative estimate of drug-likeness (QED) is 0.874. The van der Waals surface area contributed by atoms with Crippen molar-refractivity contribution in [1.82, 2.24) is 0 Å².